The highest BCUT2D eigenvalue weighted by Crippen LogP contribution is 2.42. The van der Waals surface area contributed by atoms with Crippen LogP contribution < -0.4 is 5.32 Å². The predicted molar refractivity (Wildman–Crippen MR) is 99.1 cm³/mol. The third-order valence-electron chi connectivity index (χ3n) is 5.20. The van der Waals surface area contributed by atoms with Gasteiger partial charge in [0.2, 0.25) is 0 Å². The van der Waals surface area contributed by atoms with Crippen molar-refractivity contribution in [1.29, 1.82) is 0 Å². The van der Waals surface area contributed by atoms with Gasteiger partial charge < -0.3 is 14.8 Å². The highest BCUT2D eigenvalue weighted by atomic mass is 16.4. The summed E-state index contributed by atoms with van der Waals surface area (Å²) in [5.41, 5.74) is 2.62. The Morgan fingerprint density at radius 2 is 2.04 bits per heavy atom. The van der Waals surface area contributed by atoms with Gasteiger partial charge in [0, 0.05) is 5.92 Å². The molecule has 2 saturated carbocycles. The third-order valence-corrected chi connectivity index (χ3v) is 5.20. The van der Waals surface area contributed by atoms with Crippen LogP contribution in [0, 0.1) is 0 Å². The van der Waals surface area contributed by atoms with E-state index in [1.165, 1.54) is 0 Å². The number of carbonyl (C=O) groups excluding carboxylic acids is 1. The van der Waals surface area contributed by atoms with E-state index in [1.807, 2.05) is 18.2 Å². The van der Waals surface area contributed by atoms with Gasteiger partial charge in [-0.25, -0.2) is 9.78 Å². The van der Waals surface area contributed by atoms with Crippen LogP contribution in [-0.4, -0.2) is 37.8 Å². The number of carboxylic acid groups (broad SMARTS) is 1. The summed E-state index contributed by atoms with van der Waals surface area (Å²) >= 11 is 0. The van der Waals surface area contributed by atoms with E-state index in [4.69, 9.17) is 4.42 Å². The maximum atomic E-state index is 12.8. The molecule has 8 heteroatoms. The summed E-state index contributed by atoms with van der Waals surface area (Å²) in [7, 11) is 0. The van der Waals surface area contributed by atoms with Crippen molar-refractivity contribution in [2.45, 2.75) is 50.1 Å². The monoisotopic (exact) mass is 380 g/mol. The summed E-state index contributed by atoms with van der Waals surface area (Å²) in [6, 6.07) is 8.15. The average Bonchev–Trinajstić information content (AvgIpc) is 3.61. The molecule has 8 nitrogen and oxygen atoms in total. The largest absolute Gasteiger partial charge is 0.480 e. The van der Waals surface area contributed by atoms with E-state index >= 15 is 0 Å². The van der Waals surface area contributed by atoms with Crippen LogP contribution in [0.5, 0.6) is 0 Å². The van der Waals surface area contributed by atoms with E-state index in [-0.39, 0.29) is 18.4 Å². The van der Waals surface area contributed by atoms with Gasteiger partial charge in [0.05, 0.1) is 18.2 Å². The summed E-state index contributed by atoms with van der Waals surface area (Å²) in [6.45, 7) is 0. The molecule has 1 aromatic carbocycles. The fraction of sp³-hybridized carbons (Fsp3) is 0.400. The first-order chi connectivity index (χ1) is 13.6. The summed E-state index contributed by atoms with van der Waals surface area (Å²) in [5, 5.41) is 16.8. The number of nitrogens with one attached hydrogen (secondary N) is 1. The SMILES string of the molecule is O=C(N[C@@H](Cc1nc2ccccc2o1)C(=O)O)c1cc(C2CC2)nn1C1CC1. The van der Waals surface area contributed by atoms with Gasteiger partial charge in [-0.05, 0) is 43.9 Å². The number of aliphatic carboxylic acids is 1. The Bertz CT molecular complexity index is 1030. The number of carboxylic acids is 1. The molecule has 1 atom stereocenters. The van der Waals surface area contributed by atoms with Crippen LogP contribution in [0.3, 0.4) is 0 Å². The number of amides is 1. The van der Waals surface area contributed by atoms with Crippen molar-refractivity contribution in [3.8, 4) is 0 Å². The zero-order valence-corrected chi connectivity index (χ0v) is 15.2. The zero-order valence-electron chi connectivity index (χ0n) is 15.2. The maximum Gasteiger partial charge on any atom is 0.326 e. The van der Waals surface area contributed by atoms with Crippen LogP contribution >= 0.6 is 0 Å². The molecule has 5 rings (SSSR count). The molecular weight excluding hydrogens is 360 g/mol. The number of carbonyl (C=O) groups is 2. The fourth-order valence-corrected chi connectivity index (χ4v) is 3.37. The smallest absolute Gasteiger partial charge is 0.326 e. The second-order valence-corrected chi connectivity index (χ2v) is 7.55. The van der Waals surface area contributed by atoms with Gasteiger partial charge in [0.15, 0.2) is 11.5 Å². The number of benzene rings is 1. The van der Waals surface area contributed by atoms with Crippen molar-refractivity contribution in [2.24, 2.45) is 0 Å². The first-order valence-corrected chi connectivity index (χ1v) is 9.56. The Hall–Kier alpha value is -3.16. The summed E-state index contributed by atoms with van der Waals surface area (Å²) < 4.78 is 7.37. The number of para-hydroxylation sites is 2. The van der Waals surface area contributed by atoms with Crippen molar-refractivity contribution in [3.63, 3.8) is 0 Å². The van der Waals surface area contributed by atoms with Crippen LogP contribution in [0.1, 0.15) is 59.7 Å². The van der Waals surface area contributed by atoms with E-state index < -0.39 is 17.9 Å². The van der Waals surface area contributed by atoms with E-state index in [1.54, 1.807) is 16.8 Å². The van der Waals surface area contributed by atoms with Gasteiger partial charge in [0.1, 0.15) is 17.3 Å². The standard InChI is InChI=1S/C20H20N4O4/c25-19(16-9-14(11-5-6-11)23-24(16)12-7-8-12)22-15(20(26)27)10-18-21-13-3-1-2-4-17(13)28-18/h1-4,9,11-12,15H,5-8,10H2,(H,22,25)(H,26,27)/t15-/m0/s1. The molecular formula is C20H20N4O4. The molecule has 0 bridgehead atoms. The maximum absolute atomic E-state index is 12.8. The van der Waals surface area contributed by atoms with Gasteiger partial charge in [-0.3, -0.25) is 9.48 Å². The first kappa shape index (κ1) is 17.0. The van der Waals surface area contributed by atoms with Gasteiger partial charge in [-0.15, -0.1) is 0 Å². The molecule has 28 heavy (non-hydrogen) atoms. The Morgan fingerprint density at radius 1 is 1.25 bits per heavy atom. The van der Waals surface area contributed by atoms with E-state index in [2.05, 4.69) is 15.4 Å². The zero-order chi connectivity index (χ0) is 19.3. The number of rotatable bonds is 7. The minimum absolute atomic E-state index is 0.0250. The summed E-state index contributed by atoms with van der Waals surface area (Å²) in [5.74, 6) is -0.838. The fourth-order valence-electron chi connectivity index (χ4n) is 3.37. The van der Waals surface area contributed by atoms with Crippen molar-refractivity contribution in [1.82, 2.24) is 20.1 Å². The van der Waals surface area contributed by atoms with Gasteiger partial charge in [-0.1, -0.05) is 12.1 Å². The summed E-state index contributed by atoms with van der Waals surface area (Å²) in [6.07, 6.45) is 4.16. The Morgan fingerprint density at radius 3 is 2.71 bits per heavy atom. The Labute approximate surface area is 160 Å². The van der Waals surface area contributed by atoms with Crippen molar-refractivity contribution in [3.05, 3.63) is 47.6 Å². The quantitative estimate of drug-likeness (QED) is 0.652. The second-order valence-electron chi connectivity index (χ2n) is 7.55. The highest BCUT2D eigenvalue weighted by Gasteiger charge is 2.34. The molecule has 0 aliphatic heterocycles. The molecule has 2 aliphatic rings. The van der Waals surface area contributed by atoms with Gasteiger partial charge in [0.25, 0.3) is 5.91 Å². The molecule has 0 saturated heterocycles. The topological polar surface area (TPSA) is 110 Å². The van der Waals surface area contributed by atoms with Crippen LogP contribution in [0.15, 0.2) is 34.7 Å². The molecule has 0 unspecified atom stereocenters. The normalized spacial score (nSPS) is 17.6. The molecule has 2 heterocycles. The van der Waals surface area contributed by atoms with E-state index in [0.29, 0.717) is 22.7 Å². The number of fused-ring (bicyclic) bond motifs is 1. The third kappa shape index (κ3) is 3.26. The first-order valence-electron chi connectivity index (χ1n) is 9.56. The molecule has 1 amide bonds. The number of nitrogens with zero attached hydrogens (tertiary/aromatic N) is 3. The van der Waals surface area contributed by atoms with Crippen LogP contribution in [-0.2, 0) is 11.2 Å². The second kappa shape index (κ2) is 6.47. The lowest BCUT2D eigenvalue weighted by molar-refractivity contribution is -0.139. The molecule has 2 fully saturated rings. The minimum Gasteiger partial charge on any atom is -0.480 e. The molecule has 2 aliphatic carbocycles. The average molecular weight is 380 g/mol. The summed E-state index contributed by atoms with van der Waals surface area (Å²) in [4.78, 5) is 28.9. The Kier molecular flexibility index (Phi) is 3.92. The lowest BCUT2D eigenvalue weighted by atomic mass is 10.2. The Balaban J connectivity index is 1.36. The number of hydrogen-bond acceptors (Lipinski definition) is 5. The van der Waals surface area contributed by atoms with Crippen molar-refractivity contribution in [2.75, 3.05) is 0 Å². The number of hydrogen-bond donors (Lipinski definition) is 2. The number of oxazole rings is 1. The van der Waals surface area contributed by atoms with E-state index in [0.717, 1.165) is 31.4 Å². The molecule has 2 N–H and O–H groups in total. The van der Waals surface area contributed by atoms with Gasteiger partial charge in [-0.2, -0.15) is 5.10 Å². The highest BCUT2D eigenvalue weighted by molar-refractivity contribution is 5.95. The number of aromatic nitrogens is 3. The molecule has 3 aromatic rings. The molecule has 2 aromatic heterocycles. The van der Waals surface area contributed by atoms with Crippen molar-refractivity contribution >= 4 is 23.0 Å². The molecule has 0 radical (unpaired) electrons. The van der Waals surface area contributed by atoms with Crippen LogP contribution in [0.25, 0.3) is 11.1 Å². The van der Waals surface area contributed by atoms with Crippen LogP contribution in [0.2, 0.25) is 0 Å². The predicted octanol–water partition coefficient (Wildman–Crippen LogP) is 2.66. The lowest BCUT2D eigenvalue weighted by Gasteiger charge is -2.13. The molecule has 0 spiro atoms. The van der Waals surface area contributed by atoms with E-state index in [9.17, 15) is 14.7 Å². The molecule has 144 valence electrons. The lowest BCUT2D eigenvalue weighted by Crippen LogP contribution is -2.43. The van der Waals surface area contributed by atoms with Gasteiger partial charge >= 0.3 is 5.97 Å². The minimum atomic E-state index is -1.13. The van der Waals surface area contributed by atoms with Crippen molar-refractivity contribution < 1.29 is 19.1 Å². The van der Waals surface area contributed by atoms with Crippen LogP contribution in [0.4, 0.5) is 0 Å².